The van der Waals surface area contributed by atoms with Gasteiger partial charge < -0.3 is 20.7 Å². The van der Waals surface area contributed by atoms with Crippen LogP contribution in [0.5, 0.6) is 0 Å². The van der Waals surface area contributed by atoms with Crippen molar-refractivity contribution >= 4 is 23.4 Å². The number of carbonyl (C=O) groups excluding carboxylic acids is 2. The molecule has 1 aromatic rings. The van der Waals surface area contributed by atoms with Gasteiger partial charge in [0.1, 0.15) is 0 Å². The number of unbranched alkanes of at least 4 members (excludes halogenated alkanes) is 1. The molecule has 48 heavy (non-hydrogen) atoms. The highest BCUT2D eigenvalue weighted by Crippen LogP contribution is 2.75. The van der Waals surface area contributed by atoms with Crippen LogP contribution in [-0.2, 0) is 14.3 Å². The number of nitrogen functional groups attached to an aromatic ring is 1. The topological polar surface area (TPSA) is 127 Å². The van der Waals surface area contributed by atoms with Crippen LogP contribution in [0.3, 0.4) is 0 Å². The van der Waals surface area contributed by atoms with Crippen LogP contribution in [0.25, 0.3) is 0 Å². The second kappa shape index (κ2) is 12.6. The van der Waals surface area contributed by atoms with Gasteiger partial charge in [-0.05, 0) is 140 Å². The quantitative estimate of drug-likeness (QED) is 0.163. The smallest absolute Gasteiger partial charge is 0.338 e. The Morgan fingerprint density at radius 1 is 0.917 bits per heavy atom. The molecule has 7 heteroatoms. The maximum absolute atomic E-state index is 14.2. The van der Waals surface area contributed by atoms with Crippen molar-refractivity contribution in [1.29, 1.82) is 0 Å². The molecule has 0 bridgehead atoms. The summed E-state index contributed by atoms with van der Waals surface area (Å²) in [5.74, 6) is -0.219. The number of carboxylic acids is 1. The minimum Gasteiger partial charge on any atom is -0.481 e. The van der Waals surface area contributed by atoms with Crippen molar-refractivity contribution < 1.29 is 29.3 Å². The first-order chi connectivity index (χ1) is 22.3. The molecule has 0 amide bonds. The number of aliphatic hydroxyl groups excluding tert-OH is 1. The Balaban J connectivity index is 0.000000271. The molecule has 0 saturated heterocycles. The summed E-state index contributed by atoms with van der Waals surface area (Å²) < 4.78 is 5.03. The van der Waals surface area contributed by atoms with Crippen LogP contribution in [0.1, 0.15) is 136 Å². The third-order valence-electron chi connectivity index (χ3n) is 14.9. The van der Waals surface area contributed by atoms with Crippen molar-refractivity contribution in [2.24, 2.45) is 50.2 Å². The Morgan fingerprint density at radius 3 is 2.19 bits per heavy atom. The summed E-state index contributed by atoms with van der Waals surface area (Å²) in [6.07, 6.45) is 11.9. The van der Waals surface area contributed by atoms with Gasteiger partial charge in [-0.3, -0.25) is 9.59 Å². The molecule has 0 heterocycles. The van der Waals surface area contributed by atoms with Crippen LogP contribution in [0.2, 0.25) is 0 Å². The summed E-state index contributed by atoms with van der Waals surface area (Å²) in [7, 11) is 0. The van der Waals surface area contributed by atoms with Gasteiger partial charge in [0.05, 0.1) is 23.7 Å². The predicted octanol–water partition coefficient (Wildman–Crippen LogP) is 8.64. The molecule has 4 saturated carbocycles. The molecule has 0 aromatic heterocycles. The number of ether oxygens (including phenoxy) is 1. The number of aliphatic hydroxyl groups is 1. The minimum atomic E-state index is -0.711. The Morgan fingerprint density at radius 2 is 1.56 bits per heavy atom. The summed E-state index contributed by atoms with van der Waals surface area (Å²) in [6, 6.07) is 6.72. The monoisotopic (exact) mass is 663 g/mol. The lowest BCUT2D eigenvalue weighted by atomic mass is 9.33. The van der Waals surface area contributed by atoms with E-state index in [0.717, 1.165) is 64.2 Å². The molecule has 266 valence electrons. The normalized spacial score (nSPS) is 41.2. The second-order valence-electron chi connectivity index (χ2n) is 18.0. The summed E-state index contributed by atoms with van der Waals surface area (Å²) in [5.41, 5.74) is 6.84. The Hall–Kier alpha value is -2.67. The first-order valence-electron chi connectivity index (χ1n) is 18.5. The maximum atomic E-state index is 14.2. The van der Waals surface area contributed by atoms with Gasteiger partial charge in [-0.2, -0.15) is 0 Å². The molecule has 7 nitrogen and oxygen atoms in total. The molecule has 0 aliphatic heterocycles. The highest BCUT2D eigenvalue weighted by atomic mass is 16.5. The number of allylic oxidation sites excluding steroid dienone is 2. The number of hydrogen-bond donors (Lipinski definition) is 3. The number of hydrogen-bond acceptors (Lipinski definition) is 6. The highest BCUT2D eigenvalue weighted by Gasteiger charge is 2.70. The van der Waals surface area contributed by atoms with Gasteiger partial charge >= 0.3 is 11.9 Å². The van der Waals surface area contributed by atoms with E-state index in [9.17, 15) is 24.6 Å². The van der Waals surface area contributed by atoms with E-state index < -0.39 is 11.4 Å². The number of carbonyl (C=O) groups is 3. The van der Waals surface area contributed by atoms with Crippen molar-refractivity contribution in [2.45, 2.75) is 132 Å². The summed E-state index contributed by atoms with van der Waals surface area (Å²) in [5, 5.41) is 20.9. The van der Waals surface area contributed by atoms with Crippen molar-refractivity contribution in [3.63, 3.8) is 0 Å². The van der Waals surface area contributed by atoms with Gasteiger partial charge in [0.15, 0.2) is 5.78 Å². The molecule has 1 aromatic carbocycles. The average molecular weight is 664 g/mol. The summed E-state index contributed by atoms with van der Waals surface area (Å²) in [6.45, 7) is 18.4. The van der Waals surface area contributed by atoms with Crippen LogP contribution >= 0.6 is 0 Å². The van der Waals surface area contributed by atoms with Crippen LogP contribution in [0, 0.1) is 50.2 Å². The fourth-order valence-corrected chi connectivity index (χ4v) is 11.4. The molecule has 9 unspecified atom stereocenters. The molecule has 0 radical (unpaired) electrons. The number of carboxylic acid groups (broad SMARTS) is 1. The molecule has 6 rings (SSSR count). The van der Waals surface area contributed by atoms with Gasteiger partial charge in [-0.1, -0.05) is 60.5 Å². The summed E-state index contributed by atoms with van der Waals surface area (Å²) >= 11 is 0. The Labute approximate surface area is 288 Å². The lowest BCUT2D eigenvalue weighted by Gasteiger charge is -2.70. The lowest BCUT2D eigenvalue weighted by Crippen LogP contribution is -2.66. The van der Waals surface area contributed by atoms with Gasteiger partial charge in [0.25, 0.3) is 0 Å². The first-order valence-corrected chi connectivity index (χ1v) is 18.5. The Bertz CT molecular complexity index is 1450. The van der Waals surface area contributed by atoms with Gasteiger partial charge in [-0.15, -0.1) is 0 Å². The zero-order valence-corrected chi connectivity index (χ0v) is 30.8. The molecule has 0 spiro atoms. The molecular weight excluding hydrogens is 602 g/mol. The molecular formula is C41H61NO6. The largest absolute Gasteiger partial charge is 0.481 e. The third-order valence-corrected chi connectivity index (χ3v) is 14.9. The van der Waals surface area contributed by atoms with Crippen molar-refractivity contribution in [1.82, 2.24) is 0 Å². The van der Waals surface area contributed by atoms with Crippen molar-refractivity contribution in [2.75, 3.05) is 12.3 Å². The van der Waals surface area contributed by atoms with E-state index in [0.29, 0.717) is 30.2 Å². The number of aliphatic carboxylic acids is 1. The number of anilines is 1. The first kappa shape index (κ1) is 36.6. The number of rotatable bonds is 5. The lowest BCUT2D eigenvalue weighted by molar-refractivity contribution is -0.202. The van der Waals surface area contributed by atoms with Crippen molar-refractivity contribution in [3.8, 4) is 0 Å². The molecule has 5 aliphatic rings. The standard InChI is InChI=1S/C30H46O4.C11H15NO2/c1-25(2)21-8-11-30(7)23(28(21,5)10-9-22(25)32)20(31)16-18-19-17-27(4,24(33)34)13-12-26(19,3)14-15-29(18,30)6;1-2-3-8-14-11(13)9-4-6-10(12)7-5-9/h16,19,21-23,32H,8-15,17H2,1-7H3,(H,33,34);4-7H,2-3,8,12H2,1H3. The van der Waals surface area contributed by atoms with E-state index in [1.165, 1.54) is 5.57 Å². The molecule has 4 N–H and O–H groups in total. The van der Waals surface area contributed by atoms with Gasteiger partial charge in [0, 0.05) is 11.6 Å². The Kier molecular flexibility index (Phi) is 9.60. The minimum absolute atomic E-state index is 0.0296. The number of benzene rings is 1. The van der Waals surface area contributed by atoms with Gasteiger partial charge in [0.2, 0.25) is 0 Å². The zero-order valence-electron chi connectivity index (χ0n) is 30.8. The molecule has 9 atom stereocenters. The van der Waals surface area contributed by atoms with E-state index in [4.69, 9.17) is 10.5 Å². The van der Waals surface area contributed by atoms with Crippen LogP contribution in [0.4, 0.5) is 5.69 Å². The molecule has 5 aliphatic carbocycles. The number of fused-ring (bicyclic) bond motifs is 7. The fourth-order valence-electron chi connectivity index (χ4n) is 11.4. The third kappa shape index (κ3) is 5.74. The second-order valence-corrected chi connectivity index (χ2v) is 18.0. The van der Waals surface area contributed by atoms with Crippen LogP contribution < -0.4 is 5.73 Å². The van der Waals surface area contributed by atoms with Gasteiger partial charge in [-0.25, -0.2) is 4.79 Å². The number of ketones is 1. The van der Waals surface area contributed by atoms with Crippen LogP contribution in [-0.4, -0.2) is 40.6 Å². The van der Waals surface area contributed by atoms with Crippen LogP contribution in [0.15, 0.2) is 35.9 Å². The zero-order chi connectivity index (χ0) is 35.5. The van der Waals surface area contributed by atoms with Crippen molar-refractivity contribution in [3.05, 3.63) is 41.5 Å². The SMILES string of the molecule is CC1(C(=O)O)CCC2(C)CCC3(C)C(=CC(=O)C4C5(C)CCC(O)C(C)(C)C5CCC43C)C2C1.CCCCOC(=O)c1ccc(N)cc1. The van der Waals surface area contributed by atoms with E-state index in [-0.39, 0.29) is 56.8 Å². The average Bonchev–Trinajstić information content (AvgIpc) is 3.02. The van der Waals surface area contributed by atoms with E-state index in [1.807, 2.05) is 13.0 Å². The van der Waals surface area contributed by atoms with E-state index in [2.05, 4.69) is 48.5 Å². The summed E-state index contributed by atoms with van der Waals surface area (Å²) in [4.78, 5) is 37.8. The number of nitrogens with two attached hydrogens (primary N) is 1. The molecule has 4 fully saturated rings. The predicted molar refractivity (Wildman–Crippen MR) is 189 cm³/mol. The maximum Gasteiger partial charge on any atom is 0.338 e. The fraction of sp³-hybridized carbons (Fsp3) is 0.732. The van der Waals surface area contributed by atoms with E-state index >= 15 is 0 Å². The van der Waals surface area contributed by atoms with E-state index in [1.54, 1.807) is 24.3 Å². The highest BCUT2D eigenvalue weighted by molar-refractivity contribution is 5.95. The number of esters is 1.